The quantitative estimate of drug-likeness (QED) is 0.178. The van der Waals surface area contributed by atoms with Crippen LogP contribution >= 0.6 is 0 Å². The zero-order valence-corrected chi connectivity index (χ0v) is 22.8. The van der Waals surface area contributed by atoms with Gasteiger partial charge < -0.3 is 19.6 Å². The molecular weight excluding hydrogens is 490 g/mol. The molecule has 0 unspecified atom stereocenters. The van der Waals surface area contributed by atoms with Crippen molar-refractivity contribution < 1.29 is 19.1 Å². The van der Waals surface area contributed by atoms with Crippen LogP contribution in [-0.2, 0) is 27.8 Å². The molecule has 1 aromatic heterocycles. The summed E-state index contributed by atoms with van der Waals surface area (Å²) < 4.78 is 11.1. The highest BCUT2D eigenvalue weighted by Gasteiger charge is 2.41. The predicted octanol–water partition coefficient (Wildman–Crippen LogP) is 6.39. The molecule has 1 N–H and O–H groups in total. The number of alkyl carbamates (subject to hydrolysis) is 1. The van der Waals surface area contributed by atoms with Crippen LogP contribution in [0.1, 0.15) is 49.4 Å². The second-order valence-electron chi connectivity index (χ2n) is 9.89. The fourth-order valence-electron chi connectivity index (χ4n) is 5.11. The van der Waals surface area contributed by atoms with Crippen LogP contribution in [0.3, 0.4) is 0 Å². The molecule has 39 heavy (non-hydrogen) atoms. The van der Waals surface area contributed by atoms with Crippen molar-refractivity contribution in [2.75, 3.05) is 13.7 Å². The number of aromatic nitrogens is 1. The topological polar surface area (TPSA) is 82.0 Å². The summed E-state index contributed by atoms with van der Waals surface area (Å²) in [5, 5.41) is 7.40. The van der Waals surface area contributed by atoms with Crippen molar-refractivity contribution in [1.82, 2.24) is 10.3 Å². The first-order chi connectivity index (χ1) is 19.0. The third-order valence-electron chi connectivity index (χ3n) is 7.30. The number of nitrogens with zero attached hydrogens (tertiary/aromatic N) is 2. The molecule has 0 radical (unpaired) electrons. The normalized spacial score (nSPS) is 19.1. The molecule has 4 rings (SSSR count). The van der Waals surface area contributed by atoms with Crippen molar-refractivity contribution in [2.45, 2.75) is 57.0 Å². The summed E-state index contributed by atoms with van der Waals surface area (Å²) >= 11 is 0. The molecule has 2 aromatic carbocycles. The van der Waals surface area contributed by atoms with Crippen LogP contribution < -0.4 is 10.1 Å². The second kappa shape index (κ2) is 13.6. The Morgan fingerprint density at radius 1 is 1.08 bits per heavy atom. The summed E-state index contributed by atoms with van der Waals surface area (Å²) in [6, 6.07) is 24.0. The summed E-state index contributed by atoms with van der Waals surface area (Å²) in [7, 11) is 1.65. The van der Waals surface area contributed by atoms with Crippen molar-refractivity contribution in [3.05, 3.63) is 108 Å². The van der Waals surface area contributed by atoms with Crippen LogP contribution in [0.5, 0.6) is 5.75 Å². The number of ether oxygens (including phenoxy) is 2. The molecule has 0 aliphatic heterocycles. The number of benzene rings is 2. The largest absolute Gasteiger partial charge is 0.497 e. The van der Waals surface area contributed by atoms with Crippen LogP contribution in [0, 0.1) is 0 Å². The smallest absolute Gasteiger partial charge is 0.407 e. The minimum absolute atomic E-state index is 0.145. The first-order valence-electron chi connectivity index (χ1n) is 13.4. The SMILES string of the molecule is C=C(Cc1cccc(OC)c1)O/N=C(\C)C1(c2ccccc2)CCC(OC(=O)NCCc2ccccn2)CC1. The lowest BCUT2D eigenvalue weighted by atomic mass is 9.66. The van der Waals surface area contributed by atoms with E-state index in [0.717, 1.165) is 48.4 Å². The Balaban J connectivity index is 1.35. The van der Waals surface area contributed by atoms with Gasteiger partial charge in [-0.25, -0.2) is 4.79 Å². The van der Waals surface area contributed by atoms with Gasteiger partial charge in [0.2, 0.25) is 0 Å². The van der Waals surface area contributed by atoms with Gasteiger partial charge in [0.05, 0.1) is 12.8 Å². The molecule has 0 spiro atoms. The molecule has 7 nitrogen and oxygen atoms in total. The number of carbonyl (C=O) groups is 1. The van der Waals surface area contributed by atoms with Gasteiger partial charge in [-0.05, 0) is 68.0 Å². The number of nitrogens with one attached hydrogen (secondary N) is 1. The molecule has 1 saturated carbocycles. The van der Waals surface area contributed by atoms with Crippen molar-refractivity contribution >= 4 is 11.8 Å². The molecule has 1 heterocycles. The highest BCUT2D eigenvalue weighted by molar-refractivity contribution is 5.92. The molecule has 1 fully saturated rings. The number of pyridine rings is 1. The van der Waals surface area contributed by atoms with Gasteiger partial charge in [0, 0.05) is 36.7 Å². The van der Waals surface area contributed by atoms with E-state index in [2.05, 4.69) is 34.2 Å². The van der Waals surface area contributed by atoms with Gasteiger partial charge in [-0.3, -0.25) is 4.98 Å². The van der Waals surface area contributed by atoms with E-state index in [-0.39, 0.29) is 17.6 Å². The predicted molar refractivity (Wildman–Crippen MR) is 153 cm³/mol. The molecule has 0 saturated heterocycles. The van der Waals surface area contributed by atoms with Crippen molar-refractivity contribution in [1.29, 1.82) is 0 Å². The van der Waals surface area contributed by atoms with Gasteiger partial charge in [-0.1, -0.05) is 60.3 Å². The lowest BCUT2D eigenvalue weighted by Gasteiger charge is -2.40. The molecule has 0 atom stereocenters. The third kappa shape index (κ3) is 7.69. The van der Waals surface area contributed by atoms with Gasteiger partial charge in [-0.2, -0.15) is 0 Å². The van der Waals surface area contributed by atoms with Crippen LogP contribution in [0.25, 0.3) is 0 Å². The number of allylic oxidation sites excluding steroid dienone is 1. The summed E-state index contributed by atoms with van der Waals surface area (Å²) in [6.07, 6.45) is 5.49. The Hall–Kier alpha value is -4.13. The van der Waals surface area contributed by atoms with E-state index in [0.29, 0.717) is 25.1 Å². The molecule has 1 amide bonds. The maximum absolute atomic E-state index is 12.4. The summed E-state index contributed by atoms with van der Waals surface area (Å²) in [5.74, 6) is 1.36. The standard InChI is InChI=1S/C32H37N3O4/c1-24(22-26-10-9-14-30(23-26)37-3)39-35-25(2)32(27-11-5-4-6-12-27)18-15-29(16-19-32)38-31(36)34-21-17-28-13-7-8-20-33-28/h4-14,20,23,29H,1,15-19,21-22H2,2-3H3,(H,34,36)/b35-25+. The van der Waals surface area contributed by atoms with Crippen LogP contribution in [0.4, 0.5) is 4.79 Å². The molecule has 1 aliphatic carbocycles. The van der Waals surface area contributed by atoms with Gasteiger partial charge >= 0.3 is 6.09 Å². The average molecular weight is 528 g/mol. The summed E-state index contributed by atoms with van der Waals surface area (Å²) in [5.41, 5.74) is 3.75. The van der Waals surface area contributed by atoms with Crippen molar-refractivity contribution in [2.24, 2.45) is 5.16 Å². The maximum Gasteiger partial charge on any atom is 0.407 e. The van der Waals surface area contributed by atoms with E-state index in [4.69, 9.17) is 14.3 Å². The lowest BCUT2D eigenvalue weighted by Crippen LogP contribution is -2.42. The fraction of sp³-hybridized carbons (Fsp3) is 0.344. The number of amides is 1. The van der Waals surface area contributed by atoms with Gasteiger partial charge in [-0.15, -0.1) is 0 Å². The van der Waals surface area contributed by atoms with Crippen molar-refractivity contribution in [3.8, 4) is 5.75 Å². The first-order valence-corrected chi connectivity index (χ1v) is 13.4. The minimum Gasteiger partial charge on any atom is -0.497 e. The maximum atomic E-state index is 12.4. The van der Waals surface area contributed by atoms with Crippen molar-refractivity contribution in [3.63, 3.8) is 0 Å². The van der Waals surface area contributed by atoms with Crippen LogP contribution in [0.2, 0.25) is 0 Å². The Kier molecular flexibility index (Phi) is 9.73. The molecule has 1 aliphatic rings. The number of methoxy groups -OCH3 is 1. The highest BCUT2D eigenvalue weighted by Crippen LogP contribution is 2.42. The Morgan fingerprint density at radius 2 is 1.85 bits per heavy atom. The Labute approximate surface area is 230 Å². The Morgan fingerprint density at radius 3 is 2.56 bits per heavy atom. The van der Waals surface area contributed by atoms with Gasteiger partial charge in [0.25, 0.3) is 0 Å². The first kappa shape index (κ1) is 27.9. The number of hydrogen-bond donors (Lipinski definition) is 1. The molecule has 3 aromatic rings. The van der Waals surface area contributed by atoms with E-state index in [9.17, 15) is 4.79 Å². The summed E-state index contributed by atoms with van der Waals surface area (Å²) in [4.78, 5) is 22.5. The number of hydrogen-bond acceptors (Lipinski definition) is 6. The lowest BCUT2D eigenvalue weighted by molar-refractivity contribution is 0.0655. The average Bonchev–Trinajstić information content (AvgIpc) is 2.97. The number of carbonyl (C=O) groups excluding carboxylic acids is 1. The molecule has 0 bridgehead atoms. The third-order valence-corrected chi connectivity index (χ3v) is 7.30. The van der Waals surface area contributed by atoms with Crippen LogP contribution in [-0.4, -0.2) is 36.5 Å². The second-order valence-corrected chi connectivity index (χ2v) is 9.89. The van der Waals surface area contributed by atoms with Gasteiger partial charge in [0.15, 0.2) is 0 Å². The Bertz CT molecular complexity index is 1250. The van der Waals surface area contributed by atoms with Gasteiger partial charge in [0.1, 0.15) is 17.6 Å². The van der Waals surface area contributed by atoms with E-state index < -0.39 is 0 Å². The number of oxime groups is 1. The molecule has 204 valence electrons. The van der Waals surface area contributed by atoms with Crippen LogP contribution in [0.15, 0.2) is 96.5 Å². The zero-order chi connectivity index (χ0) is 27.5. The molecule has 7 heteroatoms. The molecular formula is C32H37N3O4. The highest BCUT2D eigenvalue weighted by atomic mass is 16.6. The minimum atomic E-state index is -0.384. The monoisotopic (exact) mass is 527 g/mol. The van der Waals surface area contributed by atoms with E-state index >= 15 is 0 Å². The van der Waals surface area contributed by atoms with E-state index in [1.807, 2.05) is 67.6 Å². The zero-order valence-electron chi connectivity index (χ0n) is 22.8. The van der Waals surface area contributed by atoms with E-state index in [1.165, 1.54) is 5.56 Å². The summed E-state index contributed by atoms with van der Waals surface area (Å²) in [6.45, 7) is 6.56. The van der Waals surface area contributed by atoms with E-state index in [1.54, 1.807) is 13.3 Å². The fourth-order valence-corrected chi connectivity index (χ4v) is 5.11. The number of rotatable bonds is 11.